The molecule has 0 aliphatic heterocycles. The van der Waals surface area contributed by atoms with Gasteiger partial charge in [-0.25, -0.2) is 4.98 Å². The molecule has 0 spiro atoms. The Labute approximate surface area is 129 Å². The van der Waals surface area contributed by atoms with Gasteiger partial charge in [-0.2, -0.15) is 0 Å². The van der Waals surface area contributed by atoms with Crippen LogP contribution < -0.4 is 5.32 Å². The van der Waals surface area contributed by atoms with E-state index in [1.54, 1.807) is 6.07 Å². The number of rotatable bonds is 2. The van der Waals surface area contributed by atoms with Crippen molar-refractivity contribution < 1.29 is 4.79 Å². The van der Waals surface area contributed by atoms with Crippen molar-refractivity contribution in [2.24, 2.45) is 0 Å². The summed E-state index contributed by atoms with van der Waals surface area (Å²) in [6, 6.07) is 20.0. The second-order valence-corrected chi connectivity index (χ2v) is 5.65. The monoisotopic (exact) mass is 288 g/mol. The highest BCUT2D eigenvalue weighted by Gasteiger charge is 2.24. The van der Waals surface area contributed by atoms with Crippen LogP contribution in [0.15, 0.2) is 60.7 Å². The Morgan fingerprint density at radius 3 is 2.77 bits per heavy atom. The van der Waals surface area contributed by atoms with E-state index in [9.17, 15) is 4.79 Å². The van der Waals surface area contributed by atoms with Gasteiger partial charge in [0.25, 0.3) is 5.91 Å². The molecule has 1 aliphatic rings. The summed E-state index contributed by atoms with van der Waals surface area (Å²) in [6.45, 7) is 0. The zero-order valence-corrected chi connectivity index (χ0v) is 12.1. The van der Waals surface area contributed by atoms with Gasteiger partial charge >= 0.3 is 0 Å². The fourth-order valence-corrected chi connectivity index (χ4v) is 3.13. The van der Waals surface area contributed by atoms with Gasteiger partial charge in [0.05, 0.1) is 11.6 Å². The molecule has 1 atom stereocenters. The van der Waals surface area contributed by atoms with E-state index in [0.717, 1.165) is 23.7 Å². The number of para-hydroxylation sites is 1. The zero-order valence-electron chi connectivity index (χ0n) is 12.1. The number of nitrogens with one attached hydrogen (secondary N) is 1. The Morgan fingerprint density at radius 1 is 1.00 bits per heavy atom. The van der Waals surface area contributed by atoms with Crippen molar-refractivity contribution in [3.05, 3.63) is 77.5 Å². The second kappa shape index (κ2) is 5.26. The third-order valence-electron chi connectivity index (χ3n) is 4.27. The maximum Gasteiger partial charge on any atom is 0.270 e. The molecule has 1 heterocycles. The standard InChI is InChI=1S/C19H16N2O/c22-19(18-12-10-14-6-2-4-8-16(14)20-18)21-17-11-9-13-5-1-3-7-15(13)17/h1-8,10,12,17H,9,11H2,(H,21,22)/t17-/m0/s1. The van der Waals surface area contributed by atoms with Crippen LogP contribution in [0.3, 0.4) is 0 Å². The molecule has 3 nitrogen and oxygen atoms in total. The van der Waals surface area contributed by atoms with Crippen LogP contribution in [-0.4, -0.2) is 10.9 Å². The number of amides is 1. The summed E-state index contributed by atoms with van der Waals surface area (Å²) in [6.07, 6.45) is 1.98. The van der Waals surface area contributed by atoms with Gasteiger partial charge in [0.2, 0.25) is 0 Å². The van der Waals surface area contributed by atoms with Crippen molar-refractivity contribution >= 4 is 16.8 Å². The molecule has 1 aromatic heterocycles. The summed E-state index contributed by atoms with van der Waals surface area (Å²) in [5.41, 5.74) is 3.89. The molecular weight excluding hydrogens is 272 g/mol. The van der Waals surface area contributed by atoms with Crippen molar-refractivity contribution in [2.75, 3.05) is 0 Å². The molecule has 0 fully saturated rings. The number of hydrogen-bond acceptors (Lipinski definition) is 2. The molecule has 0 unspecified atom stereocenters. The lowest BCUT2D eigenvalue weighted by Gasteiger charge is -2.14. The number of pyridine rings is 1. The summed E-state index contributed by atoms with van der Waals surface area (Å²) in [5, 5.41) is 4.16. The largest absolute Gasteiger partial charge is 0.344 e. The predicted molar refractivity (Wildman–Crippen MR) is 86.7 cm³/mol. The normalized spacial score (nSPS) is 16.5. The molecular formula is C19H16N2O. The third-order valence-corrected chi connectivity index (χ3v) is 4.27. The van der Waals surface area contributed by atoms with Gasteiger partial charge in [-0.3, -0.25) is 4.79 Å². The fraction of sp³-hybridized carbons (Fsp3) is 0.158. The lowest BCUT2D eigenvalue weighted by molar-refractivity contribution is 0.0932. The van der Waals surface area contributed by atoms with Crippen molar-refractivity contribution in [3.8, 4) is 0 Å². The summed E-state index contributed by atoms with van der Waals surface area (Å²) in [7, 11) is 0. The summed E-state index contributed by atoms with van der Waals surface area (Å²) in [5.74, 6) is -0.104. The summed E-state index contributed by atoms with van der Waals surface area (Å²) < 4.78 is 0. The number of fused-ring (bicyclic) bond motifs is 2. The van der Waals surface area contributed by atoms with E-state index in [1.807, 2.05) is 42.5 Å². The maximum absolute atomic E-state index is 12.5. The number of hydrogen-bond donors (Lipinski definition) is 1. The highest BCUT2D eigenvalue weighted by Crippen LogP contribution is 2.30. The van der Waals surface area contributed by atoms with Crippen LogP contribution in [0.2, 0.25) is 0 Å². The Morgan fingerprint density at radius 2 is 1.82 bits per heavy atom. The topological polar surface area (TPSA) is 42.0 Å². The average molecular weight is 288 g/mol. The van der Waals surface area contributed by atoms with E-state index in [4.69, 9.17) is 0 Å². The first-order valence-corrected chi connectivity index (χ1v) is 7.56. The molecule has 2 aromatic carbocycles. The van der Waals surface area contributed by atoms with Crippen LogP contribution in [0.4, 0.5) is 0 Å². The molecule has 1 aliphatic carbocycles. The second-order valence-electron chi connectivity index (χ2n) is 5.65. The third kappa shape index (κ3) is 2.25. The molecule has 4 rings (SSSR count). The molecule has 108 valence electrons. The maximum atomic E-state index is 12.5. The Balaban J connectivity index is 1.59. The van der Waals surface area contributed by atoms with Gasteiger partial charge in [0, 0.05) is 5.39 Å². The predicted octanol–water partition coefficient (Wildman–Crippen LogP) is 3.65. The van der Waals surface area contributed by atoms with Crippen LogP contribution in [0, 0.1) is 0 Å². The van der Waals surface area contributed by atoms with E-state index in [-0.39, 0.29) is 11.9 Å². The minimum absolute atomic E-state index is 0.0944. The molecule has 22 heavy (non-hydrogen) atoms. The molecule has 0 saturated carbocycles. The zero-order chi connectivity index (χ0) is 14.9. The minimum Gasteiger partial charge on any atom is -0.344 e. The van der Waals surface area contributed by atoms with Crippen LogP contribution in [0.5, 0.6) is 0 Å². The van der Waals surface area contributed by atoms with Crippen LogP contribution >= 0.6 is 0 Å². The molecule has 1 N–H and O–H groups in total. The molecule has 3 aromatic rings. The number of carbonyl (C=O) groups is 1. The number of carbonyl (C=O) groups excluding carboxylic acids is 1. The van der Waals surface area contributed by atoms with Gasteiger partial charge in [0.1, 0.15) is 5.69 Å². The summed E-state index contributed by atoms with van der Waals surface area (Å²) in [4.78, 5) is 16.9. The lowest BCUT2D eigenvalue weighted by Crippen LogP contribution is -2.27. The van der Waals surface area contributed by atoms with Gasteiger partial charge < -0.3 is 5.32 Å². The highest BCUT2D eigenvalue weighted by molar-refractivity contribution is 5.95. The van der Waals surface area contributed by atoms with Gasteiger partial charge in [0.15, 0.2) is 0 Å². The SMILES string of the molecule is O=C(N[C@H]1CCc2ccccc21)c1ccc2ccccc2n1. The number of aromatic nitrogens is 1. The van der Waals surface area contributed by atoms with Crippen molar-refractivity contribution in [1.29, 1.82) is 0 Å². The molecule has 0 saturated heterocycles. The quantitative estimate of drug-likeness (QED) is 0.782. The van der Waals surface area contributed by atoms with Crippen molar-refractivity contribution in [1.82, 2.24) is 10.3 Å². The first-order chi connectivity index (χ1) is 10.8. The smallest absolute Gasteiger partial charge is 0.270 e. The van der Waals surface area contributed by atoms with Gasteiger partial charge in [-0.1, -0.05) is 48.5 Å². The van der Waals surface area contributed by atoms with Crippen molar-refractivity contribution in [2.45, 2.75) is 18.9 Å². The first-order valence-electron chi connectivity index (χ1n) is 7.56. The summed E-state index contributed by atoms with van der Waals surface area (Å²) >= 11 is 0. The van der Waals surface area contributed by atoms with Crippen LogP contribution in [0.1, 0.15) is 34.1 Å². The van der Waals surface area contributed by atoms with E-state index in [2.05, 4.69) is 22.4 Å². The highest BCUT2D eigenvalue weighted by atomic mass is 16.1. The number of nitrogens with zero attached hydrogens (tertiary/aromatic N) is 1. The number of benzene rings is 2. The van der Waals surface area contributed by atoms with Crippen LogP contribution in [-0.2, 0) is 6.42 Å². The molecule has 0 bridgehead atoms. The number of aryl methyl sites for hydroxylation is 1. The minimum atomic E-state index is -0.104. The van der Waals surface area contributed by atoms with Crippen molar-refractivity contribution in [3.63, 3.8) is 0 Å². The van der Waals surface area contributed by atoms with E-state index >= 15 is 0 Å². The Hall–Kier alpha value is -2.68. The van der Waals surface area contributed by atoms with E-state index in [1.165, 1.54) is 11.1 Å². The lowest BCUT2D eigenvalue weighted by atomic mass is 10.1. The first kappa shape index (κ1) is 13.0. The van der Waals surface area contributed by atoms with Gasteiger partial charge in [-0.05, 0) is 36.1 Å². The molecule has 3 heteroatoms. The van der Waals surface area contributed by atoms with Gasteiger partial charge in [-0.15, -0.1) is 0 Å². The Bertz CT molecular complexity index is 857. The average Bonchev–Trinajstić information content (AvgIpc) is 2.97. The molecule has 0 radical (unpaired) electrons. The van der Waals surface area contributed by atoms with Crippen LogP contribution in [0.25, 0.3) is 10.9 Å². The Kier molecular flexibility index (Phi) is 3.11. The van der Waals surface area contributed by atoms with E-state index in [0.29, 0.717) is 5.69 Å². The fourth-order valence-electron chi connectivity index (χ4n) is 3.13. The van der Waals surface area contributed by atoms with E-state index < -0.39 is 0 Å². The molecule has 1 amide bonds.